The molecule has 1 aromatic rings. The Morgan fingerprint density at radius 1 is 1.24 bits per heavy atom. The van der Waals surface area contributed by atoms with Gasteiger partial charge in [-0.3, -0.25) is 4.84 Å². The number of halogens is 1. The predicted molar refractivity (Wildman–Crippen MR) is 66.9 cm³/mol. The first-order valence-electron chi connectivity index (χ1n) is 5.72. The third-order valence-corrected chi connectivity index (χ3v) is 2.97. The van der Waals surface area contributed by atoms with Crippen molar-refractivity contribution in [3.63, 3.8) is 0 Å². The average molecular weight is 255 g/mol. The number of carbonyl (C=O) groups is 1. The van der Waals surface area contributed by atoms with E-state index in [0.717, 1.165) is 12.8 Å². The molecule has 2 rings (SSSR count). The lowest BCUT2D eigenvalue weighted by Gasteiger charge is -2.12. The van der Waals surface area contributed by atoms with E-state index < -0.39 is 0 Å². The van der Waals surface area contributed by atoms with Crippen LogP contribution in [0.5, 0.6) is 0 Å². The molecule has 0 saturated heterocycles. The van der Waals surface area contributed by atoms with Gasteiger partial charge in [0.25, 0.3) is 0 Å². The first kappa shape index (κ1) is 12.2. The Morgan fingerprint density at radius 3 is 2.53 bits per heavy atom. The third-order valence-electron chi connectivity index (χ3n) is 2.72. The third kappa shape index (κ3) is 3.91. The van der Waals surface area contributed by atoms with Gasteiger partial charge in [0.1, 0.15) is 0 Å². The van der Waals surface area contributed by atoms with Gasteiger partial charge in [-0.25, -0.2) is 10.3 Å². The fourth-order valence-electron chi connectivity index (χ4n) is 1.83. The van der Waals surface area contributed by atoms with Crippen LogP contribution in [0.15, 0.2) is 24.3 Å². The molecule has 1 aromatic carbocycles. The van der Waals surface area contributed by atoms with Crippen molar-refractivity contribution in [2.75, 3.05) is 5.32 Å². The van der Waals surface area contributed by atoms with Crippen molar-refractivity contribution in [2.24, 2.45) is 0 Å². The molecule has 2 N–H and O–H groups in total. The molecule has 1 aliphatic carbocycles. The molecule has 0 heterocycles. The van der Waals surface area contributed by atoms with Gasteiger partial charge in [0.2, 0.25) is 0 Å². The van der Waals surface area contributed by atoms with Gasteiger partial charge in [0.05, 0.1) is 6.10 Å². The number of nitrogens with one attached hydrogen (secondary N) is 2. The monoisotopic (exact) mass is 254 g/mol. The lowest BCUT2D eigenvalue weighted by atomic mass is 10.3. The summed E-state index contributed by atoms with van der Waals surface area (Å²) in [6.07, 6.45) is 4.53. The van der Waals surface area contributed by atoms with E-state index in [-0.39, 0.29) is 12.1 Å². The summed E-state index contributed by atoms with van der Waals surface area (Å²) in [5, 5.41) is 3.30. The van der Waals surface area contributed by atoms with Gasteiger partial charge in [-0.05, 0) is 37.1 Å². The second-order valence-corrected chi connectivity index (χ2v) is 4.52. The minimum atomic E-state index is -0.362. The van der Waals surface area contributed by atoms with E-state index in [9.17, 15) is 4.79 Å². The molecule has 1 aliphatic rings. The van der Waals surface area contributed by atoms with Crippen LogP contribution < -0.4 is 10.8 Å². The lowest BCUT2D eigenvalue weighted by Crippen LogP contribution is -2.32. The van der Waals surface area contributed by atoms with Crippen LogP contribution in [0.25, 0.3) is 0 Å². The molecule has 1 fully saturated rings. The fourth-order valence-corrected chi connectivity index (χ4v) is 1.96. The van der Waals surface area contributed by atoms with Crippen LogP contribution in [0.4, 0.5) is 10.5 Å². The first-order valence-corrected chi connectivity index (χ1v) is 6.10. The van der Waals surface area contributed by atoms with E-state index in [1.54, 1.807) is 24.3 Å². The molecule has 17 heavy (non-hydrogen) atoms. The fraction of sp³-hybridized carbons (Fsp3) is 0.417. The highest BCUT2D eigenvalue weighted by Crippen LogP contribution is 2.20. The van der Waals surface area contributed by atoms with Gasteiger partial charge in [-0.2, -0.15) is 0 Å². The second kappa shape index (κ2) is 5.89. The topological polar surface area (TPSA) is 50.4 Å². The molecule has 5 heteroatoms. The van der Waals surface area contributed by atoms with Crippen LogP contribution in [0.2, 0.25) is 5.02 Å². The molecule has 4 nitrogen and oxygen atoms in total. The van der Waals surface area contributed by atoms with Crippen molar-refractivity contribution in [3.05, 3.63) is 29.3 Å². The number of carbonyl (C=O) groups excluding carboxylic acids is 1. The quantitative estimate of drug-likeness (QED) is 0.813. The van der Waals surface area contributed by atoms with Gasteiger partial charge in [-0.15, -0.1) is 0 Å². The maximum atomic E-state index is 11.5. The van der Waals surface area contributed by atoms with Crippen LogP contribution in [-0.2, 0) is 4.84 Å². The molecule has 0 unspecified atom stereocenters. The highest BCUT2D eigenvalue weighted by molar-refractivity contribution is 6.30. The normalized spacial score (nSPS) is 15.8. The Bertz CT molecular complexity index is 375. The summed E-state index contributed by atoms with van der Waals surface area (Å²) in [6, 6.07) is 6.54. The van der Waals surface area contributed by atoms with Gasteiger partial charge in [-0.1, -0.05) is 24.4 Å². The van der Waals surface area contributed by atoms with Crippen LogP contribution in [0.3, 0.4) is 0 Å². The molecule has 92 valence electrons. The van der Waals surface area contributed by atoms with Crippen molar-refractivity contribution < 1.29 is 9.63 Å². The van der Waals surface area contributed by atoms with Crippen molar-refractivity contribution in [1.29, 1.82) is 0 Å². The van der Waals surface area contributed by atoms with E-state index in [0.29, 0.717) is 10.7 Å². The Balaban J connectivity index is 1.74. The average Bonchev–Trinajstić information content (AvgIpc) is 2.83. The summed E-state index contributed by atoms with van der Waals surface area (Å²) in [4.78, 5) is 16.7. The summed E-state index contributed by atoms with van der Waals surface area (Å²) in [5.74, 6) is 0. The van der Waals surface area contributed by atoms with Crippen molar-refractivity contribution >= 4 is 23.3 Å². The number of anilines is 1. The standard InChI is InChI=1S/C12H15ClN2O2/c13-9-5-7-10(8-6-9)14-12(16)15-17-11-3-1-2-4-11/h5-8,11H,1-4H2,(H2,14,15,16). The minimum absolute atomic E-state index is 0.158. The number of rotatable bonds is 3. The molecule has 0 bridgehead atoms. The summed E-state index contributed by atoms with van der Waals surface area (Å²) in [6.45, 7) is 0. The summed E-state index contributed by atoms with van der Waals surface area (Å²) in [5.41, 5.74) is 3.09. The Morgan fingerprint density at radius 2 is 1.88 bits per heavy atom. The molecule has 0 radical (unpaired) electrons. The minimum Gasteiger partial charge on any atom is -0.306 e. The predicted octanol–water partition coefficient (Wildman–Crippen LogP) is 3.34. The zero-order valence-corrected chi connectivity index (χ0v) is 10.2. The summed E-state index contributed by atoms with van der Waals surface area (Å²) in [7, 11) is 0. The number of benzene rings is 1. The van der Waals surface area contributed by atoms with Crippen molar-refractivity contribution in [2.45, 2.75) is 31.8 Å². The van der Waals surface area contributed by atoms with Crippen LogP contribution in [0.1, 0.15) is 25.7 Å². The first-order chi connectivity index (χ1) is 8.24. The molecule has 0 atom stereocenters. The van der Waals surface area contributed by atoms with Crippen LogP contribution >= 0.6 is 11.6 Å². The van der Waals surface area contributed by atoms with Crippen molar-refractivity contribution in [3.8, 4) is 0 Å². The molecular weight excluding hydrogens is 240 g/mol. The van der Waals surface area contributed by atoms with Gasteiger partial charge < -0.3 is 5.32 Å². The van der Waals surface area contributed by atoms with E-state index >= 15 is 0 Å². The van der Waals surface area contributed by atoms with Gasteiger partial charge >= 0.3 is 6.03 Å². The van der Waals surface area contributed by atoms with Gasteiger partial charge in [0, 0.05) is 10.7 Å². The SMILES string of the molecule is O=C(NOC1CCCC1)Nc1ccc(Cl)cc1. The van der Waals surface area contributed by atoms with E-state index in [1.165, 1.54) is 12.8 Å². The Kier molecular flexibility index (Phi) is 4.23. The maximum absolute atomic E-state index is 11.5. The lowest BCUT2D eigenvalue weighted by molar-refractivity contribution is 0.00336. The maximum Gasteiger partial charge on any atom is 0.343 e. The zero-order chi connectivity index (χ0) is 12.1. The number of amides is 2. The number of hydroxylamine groups is 1. The molecule has 0 aromatic heterocycles. The second-order valence-electron chi connectivity index (χ2n) is 4.09. The smallest absolute Gasteiger partial charge is 0.306 e. The molecule has 1 saturated carbocycles. The largest absolute Gasteiger partial charge is 0.343 e. The highest BCUT2D eigenvalue weighted by Gasteiger charge is 2.16. The highest BCUT2D eigenvalue weighted by atomic mass is 35.5. The van der Waals surface area contributed by atoms with Crippen molar-refractivity contribution in [1.82, 2.24) is 5.48 Å². The van der Waals surface area contributed by atoms with Crippen LogP contribution in [0, 0.1) is 0 Å². The Labute approximate surface area is 105 Å². The van der Waals surface area contributed by atoms with E-state index in [1.807, 2.05) is 0 Å². The number of hydrogen-bond acceptors (Lipinski definition) is 2. The Hall–Kier alpha value is -1.26. The number of hydrogen-bond donors (Lipinski definition) is 2. The van der Waals surface area contributed by atoms with Crippen LogP contribution in [-0.4, -0.2) is 12.1 Å². The molecular formula is C12H15ClN2O2. The van der Waals surface area contributed by atoms with Gasteiger partial charge in [0.15, 0.2) is 0 Å². The number of urea groups is 1. The van der Waals surface area contributed by atoms with E-state index in [2.05, 4.69) is 10.8 Å². The molecule has 0 spiro atoms. The van der Waals surface area contributed by atoms with E-state index in [4.69, 9.17) is 16.4 Å². The molecule has 2 amide bonds. The zero-order valence-electron chi connectivity index (χ0n) is 9.41. The molecule has 0 aliphatic heterocycles. The summed E-state index contributed by atoms with van der Waals surface area (Å²) < 4.78 is 0. The summed E-state index contributed by atoms with van der Waals surface area (Å²) >= 11 is 5.74.